The Labute approximate surface area is 222 Å². The van der Waals surface area contributed by atoms with Gasteiger partial charge in [-0.3, -0.25) is 4.90 Å². The smallest absolute Gasteiger partial charge is 0.220 e. The van der Waals surface area contributed by atoms with Crippen molar-refractivity contribution in [1.29, 1.82) is 0 Å². The fourth-order valence-corrected chi connectivity index (χ4v) is 5.13. The number of halogens is 1. The minimum absolute atomic E-state index is 0.161. The van der Waals surface area contributed by atoms with Crippen molar-refractivity contribution in [2.45, 2.75) is 32.4 Å². The number of aryl methyl sites for hydroxylation is 1. The van der Waals surface area contributed by atoms with Crippen molar-refractivity contribution < 1.29 is 13.9 Å². The first-order chi connectivity index (χ1) is 18.6. The lowest BCUT2D eigenvalue weighted by Crippen LogP contribution is -2.32. The second-order valence-corrected chi connectivity index (χ2v) is 9.36. The van der Waals surface area contributed by atoms with Crippen LogP contribution in [0.4, 0.5) is 10.3 Å². The van der Waals surface area contributed by atoms with Crippen LogP contribution in [0.5, 0.6) is 5.75 Å². The van der Waals surface area contributed by atoms with Crippen LogP contribution in [0.3, 0.4) is 0 Å². The third-order valence-electron chi connectivity index (χ3n) is 6.83. The van der Waals surface area contributed by atoms with Crippen LogP contribution in [-0.2, 0) is 17.7 Å². The van der Waals surface area contributed by atoms with E-state index in [2.05, 4.69) is 25.5 Å². The lowest BCUT2D eigenvalue weighted by atomic mass is 10.1. The molecule has 0 radical (unpaired) electrons. The van der Waals surface area contributed by atoms with Crippen LogP contribution in [0, 0.1) is 5.82 Å². The fraction of sp³-hybridized carbons (Fsp3) is 0.345. The number of aromatic nitrogens is 4. The molecule has 5 rings (SSSR count). The molecule has 0 bridgehead atoms. The van der Waals surface area contributed by atoms with Crippen molar-refractivity contribution in [2.75, 3.05) is 39.1 Å². The number of rotatable bonds is 11. The predicted molar refractivity (Wildman–Crippen MR) is 145 cm³/mol. The monoisotopic (exact) mass is 516 g/mol. The molecule has 4 aromatic rings. The molecular formula is C29H33FN6O2. The summed E-state index contributed by atoms with van der Waals surface area (Å²) < 4.78 is 27.3. The third kappa shape index (κ3) is 5.54. The van der Waals surface area contributed by atoms with Crippen molar-refractivity contribution in [3.63, 3.8) is 0 Å². The summed E-state index contributed by atoms with van der Waals surface area (Å²) in [5.41, 5.74) is 10.3. The van der Waals surface area contributed by atoms with Crippen LogP contribution in [0.1, 0.15) is 30.8 Å². The van der Waals surface area contributed by atoms with Gasteiger partial charge in [0.1, 0.15) is 17.4 Å². The largest absolute Gasteiger partial charge is 0.494 e. The zero-order valence-corrected chi connectivity index (χ0v) is 21.8. The van der Waals surface area contributed by atoms with Crippen LogP contribution < -0.4 is 10.5 Å². The Morgan fingerprint density at radius 2 is 1.92 bits per heavy atom. The molecule has 38 heavy (non-hydrogen) atoms. The molecule has 2 aromatic carbocycles. The van der Waals surface area contributed by atoms with E-state index in [-0.39, 0.29) is 17.8 Å². The molecule has 9 heteroatoms. The topological polar surface area (TPSA) is 91.3 Å². The summed E-state index contributed by atoms with van der Waals surface area (Å²) in [6.45, 7) is 5.55. The Morgan fingerprint density at radius 3 is 2.68 bits per heavy atom. The minimum atomic E-state index is -0.285. The Bertz CT molecular complexity index is 1370. The summed E-state index contributed by atoms with van der Waals surface area (Å²) in [4.78, 5) is 16.0. The van der Waals surface area contributed by atoms with Gasteiger partial charge in [-0.1, -0.05) is 18.2 Å². The summed E-state index contributed by atoms with van der Waals surface area (Å²) in [5.74, 6) is 1.81. The molecule has 0 fully saturated rings. The molecule has 0 spiro atoms. The van der Waals surface area contributed by atoms with Gasteiger partial charge in [-0.25, -0.2) is 19.3 Å². The molecule has 8 nitrogen and oxygen atoms in total. The number of fused-ring (bicyclic) bond motifs is 1. The molecule has 0 amide bonds. The molecular weight excluding hydrogens is 483 g/mol. The zero-order chi connectivity index (χ0) is 26.5. The average molecular weight is 517 g/mol. The summed E-state index contributed by atoms with van der Waals surface area (Å²) in [7, 11) is 1.72. The van der Waals surface area contributed by atoms with E-state index in [9.17, 15) is 4.39 Å². The Balaban J connectivity index is 1.52. The van der Waals surface area contributed by atoms with Gasteiger partial charge in [0, 0.05) is 56.5 Å². The Morgan fingerprint density at radius 1 is 1.11 bits per heavy atom. The average Bonchev–Trinajstić information content (AvgIpc) is 3.49. The van der Waals surface area contributed by atoms with Crippen molar-refractivity contribution in [1.82, 2.24) is 24.4 Å². The molecule has 1 aliphatic heterocycles. The highest BCUT2D eigenvalue weighted by atomic mass is 19.1. The molecule has 2 aromatic heterocycles. The molecule has 0 saturated carbocycles. The molecule has 1 atom stereocenters. The number of nitrogens with zero attached hydrogens (tertiary/aromatic N) is 5. The van der Waals surface area contributed by atoms with E-state index in [4.69, 9.17) is 20.2 Å². The van der Waals surface area contributed by atoms with Gasteiger partial charge in [-0.2, -0.15) is 0 Å². The molecule has 1 aliphatic rings. The fourth-order valence-electron chi connectivity index (χ4n) is 5.13. The summed E-state index contributed by atoms with van der Waals surface area (Å²) in [5, 5.41) is 0. The van der Waals surface area contributed by atoms with Gasteiger partial charge in [-0.05, 0) is 49.7 Å². The van der Waals surface area contributed by atoms with Crippen molar-refractivity contribution in [3.8, 4) is 28.4 Å². The standard InChI is InChI=1S/C29H33FN6O2/c1-3-38-25-7-5-4-6-21(25)18-35(16-17-37-2)19-23-12-13-26-34-27(20-8-10-22(30)11-9-20)28(36(23)26)24-14-15-32-29(31)33-24/h4-11,14-15,23H,3,12-13,16-19H2,1-2H3,(H2,31,32,33)/t23-/m0/s1. The van der Waals surface area contributed by atoms with Crippen LogP contribution in [0.25, 0.3) is 22.6 Å². The SMILES string of the molecule is CCOc1ccccc1CN(CCOC)C[C@@H]1CCc2nc(-c3ccc(F)cc3)c(-c3ccnc(N)n3)n21. The summed E-state index contributed by atoms with van der Waals surface area (Å²) in [6, 6.07) is 16.6. The van der Waals surface area contributed by atoms with Crippen molar-refractivity contribution in [3.05, 3.63) is 78.0 Å². The minimum Gasteiger partial charge on any atom is -0.494 e. The lowest BCUT2D eigenvalue weighted by molar-refractivity contribution is 0.133. The van der Waals surface area contributed by atoms with E-state index in [1.807, 2.05) is 31.2 Å². The van der Waals surface area contributed by atoms with Crippen LogP contribution in [0.15, 0.2) is 60.8 Å². The van der Waals surface area contributed by atoms with E-state index in [0.717, 1.165) is 66.6 Å². The quantitative estimate of drug-likeness (QED) is 0.307. The van der Waals surface area contributed by atoms with E-state index >= 15 is 0 Å². The summed E-state index contributed by atoms with van der Waals surface area (Å²) >= 11 is 0. The van der Waals surface area contributed by atoms with Gasteiger partial charge < -0.3 is 19.8 Å². The normalized spacial score (nSPS) is 14.7. The number of benzene rings is 2. The Kier molecular flexibility index (Phi) is 7.95. The number of hydrogen-bond donors (Lipinski definition) is 1. The van der Waals surface area contributed by atoms with Gasteiger partial charge in [0.2, 0.25) is 5.95 Å². The first-order valence-corrected chi connectivity index (χ1v) is 12.9. The number of para-hydroxylation sites is 1. The number of methoxy groups -OCH3 is 1. The second-order valence-electron chi connectivity index (χ2n) is 9.36. The molecule has 198 valence electrons. The highest BCUT2D eigenvalue weighted by Gasteiger charge is 2.32. The number of nitrogens with two attached hydrogens (primary N) is 1. The molecule has 0 unspecified atom stereocenters. The number of nitrogen functional groups attached to an aromatic ring is 1. The van der Waals surface area contributed by atoms with Gasteiger partial charge in [0.05, 0.1) is 30.3 Å². The zero-order valence-electron chi connectivity index (χ0n) is 21.8. The van der Waals surface area contributed by atoms with Crippen LogP contribution >= 0.6 is 0 Å². The number of anilines is 1. The van der Waals surface area contributed by atoms with Gasteiger partial charge in [0.15, 0.2) is 0 Å². The molecule has 0 aliphatic carbocycles. The van der Waals surface area contributed by atoms with Crippen molar-refractivity contribution in [2.24, 2.45) is 0 Å². The van der Waals surface area contributed by atoms with E-state index < -0.39 is 0 Å². The number of imidazole rings is 1. The lowest BCUT2D eigenvalue weighted by Gasteiger charge is -2.28. The van der Waals surface area contributed by atoms with Gasteiger partial charge in [0.25, 0.3) is 0 Å². The maximum Gasteiger partial charge on any atom is 0.220 e. The van der Waals surface area contributed by atoms with E-state index in [1.165, 1.54) is 12.1 Å². The molecule has 3 heterocycles. The summed E-state index contributed by atoms with van der Waals surface area (Å²) in [6.07, 6.45) is 3.45. The van der Waals surface area contributed by atoms with Crippen LogP contribution in [0.2, 0.25) is 0 Å². The van der Waals surface area contributed by atoms with Crippen molar-refractivity contribution >= 4 is 5.95 Å². The Hall–Kier alpha value is -3.82. The second kappa shape index (κ2) is 11.7. The van der Waals surface area contributed by atoms with Gasteiger partial charge >= 0.3 is 0 Å². The molecule has 0 saturated heterocycles. The first-order valence-electron chi connectivity index (χ1n) is 12.9. The number of hydrogen-bond acceptors (Lipinski definition) is 7. The van der Waals surface area contributed by atoms with E-state index in [0.29, 0.717) is 18.9 Å². The maximum absolute atomic E-state index is 13.7. The predicted octanol–water partition coefficient (Wildman–Crippen LogP) is 4.76. The van der Waals surface area contributed by atoms with E-state index in [1.54, 1.807) is 25.4 Å². The first kappa shape index (κ1) is 25.8. The van der Waals surface area contributed by atoms with Crippen LogP contribution in [-0.4, -0.2) is 57.8 Å². The highest BCUT2D eigenvalue weighted by Crippen LogP contribution is 2.39. The molecule has 2 N–H and O–H groups in total. The third-order valence-corrected chi connectivity index (χ3v) is 6.83. The van der Waals surface area contributed by atoms with Gasteiger partial charge in [-0.15, -0.1) is 0 Å². The maximum atomic E-state index is 13.7. The number of ether oxygens (including phenoxy) is 2. The highest BCUT2D eigenvalue weighted by molar-refractivity contribution is 5.78.